The highest BCUT2D eigenvalue weighted by atomic mass is 19.2. The summed E-state index contributed by atoms with van der Waals surface area (Å²) in [4.78, 5) is 2.32. The van der Waals surface area contributed by atoms with Gasteiger partial charge in [0, 0.05) is 19.6 Å². The van der Waals surface area contributed by atoms with Crippen LogP contribution in [-0.4, -0.2) is 54.5 Å². The first-order chi connectivity index (χ1) is 16.0. The van der Waals surface area contributed by atoms with Crippen molar-refractivity contribution in [2.75, 3.05) is 50.0 Å². The first kappa shape index (κ1) is 23.1. The van der Waals surface area contributed by atoms with Crippen LogP contribution >= 0.6 is 0 Å². The van der Waals surface area contributed by atoms with Gasteiger partial charge in [-0.2, -0.15) is 0 Å². The molecule has 2 N–H and O–H groups in total. The van der Waals surface area contributed by atoms with Crippen LogP contribution in [0.5, 0.6) is 0 Å². The summed E-state index contributed by atoms with van der Waals surface area (Å²) in [6, 6.07) is 7.00. The zero-order chi connectivity index (χ0) is 23.2. The number of ether oxygens (including phenoxy) is 1. The van der Waals surface area contributed by atoms with Crippen molar-refractivity contribution in [1.29, 1.82) is 0 Å². The van der Waals surface area contributed by atoms with Crippen LogP contribution < -0.4 is 10.6 Å². The van der Waals surface area contributed by atoms with E-state index in [-0.39, 0.29) is 28.8 Å². The van der Waals surface area contributed by atoms with Gasteiger partial charge in [-0.3, -0.25) is 4.90 Å². The fourth-order valence-electron chi connectivity index (χ4n) is 3.59. The third-order valence-electron chi connectivity index (χ3n) is 5.48. The van der Waals surface area contributed by atoms with E-state index in [1.165, 1.54) is 18.2 Å². The molecule has 3 aromatic rings. The van der Waals surface area contributed by atoms with Gasteiger partial charge < -0.3 is 19.8 Å². The van der Waals surface area contributed by atoms with Crippen LogP contribution in [-0.2, 0) is 11.2 Å². The minimum atomic E-state index is -1.16. The zero-order valence-corrected chi connectivity index (χ0v) is 18.3. The summed E-state index contributed by atoms with van der Waals surface area (Å²) in [6.45, 7) is 6.75. The Balaban J connectivity index is 1.46. The number of morpholine rings is 1. The lowest BCUT2D eigenvalue weighted by atomic mass is 10.1. The number of hydrogen-bond acceptors (Lipinski definition) is 7. The standard InChI is InChI=1S/C23H26F3N5O2/c1-2-15-4-7-19(18(25)14-15)28-21-16(5-6-17(24)20(21)26)22-29-30-23(33-22)27-8-3-9-31-10-12-32-13-11-31/h4-7,14,28H,2-3,8-13H2,1H3,(H,27,30). The van der Waals surface area contributed by atoms with Crippen molar-refractivity contribution >= 4 is 17.4 Å². The number of hydrogen-bond donors (Lipinski definition) is 2. The number of halogens is 3. The molecule has 0 unspecified atom stereocenters. The fraction of sp³-hybridized carbons (Fsp3) is 0.391. The first-order valence-corrected chi connectivity index (χ1v) is 11.0. The Morgan fingerprint density at radius 1 is 1.03 bits per heavy atom. The maximum Gasteiger partial charge on any atom is 0.315 e. The Kier molecular flexibility index (Phi) is 7.46. The molecule has 0 aliphatic carbocycles. The second-order valence-corrected chi connectivity index (χ2v) is 7.72. The molecule has 1 saturated heterocycles. The Hall–Kier alpha value is -3.11. The lowest BCUT2D eigenvalue weighted by Gasteiger charge is -2.26. The molecule has 0 spiro atoms. The minimum Gasteiger partial charge on any atom is -0.403 e. The highest BCUT2D eigenvalue weighted by molar-refractivity contribution is 5.78. The molecule has 0 bridgehead atoms. The molecule has 33 heavy (non-hydrogen) atoms. The van der Waals surface area contributed by atoms with Crippen LogP contribution in [0, 0.1) is 17.5 Å². The van der Waals surface area contributed by atoms with E-state index in [1.54, 1.807) is 6.07 Å². The van der Waals surface area contributed by atoms with E-state index in [0.717, 1.165) is 50.9 Å². The third kappa shape index (κ3) is 5.63. The van der Waals surface area contributed by atoms with E-state index in [9.17, 15) is 13.2 Å². The lowest BCUT2D eigenvalue weighted by molar-refractivity contribution is 0.0378. The predicted octanol–water partition coefficient (Wildman–Crippen LogP) is 4.59. The average molecular weight is 461 g/mol. The third-order valence-corrected chi connectivity index (χ3v) is 5.48. The van der Waals surface area contributed by atoms with Gasteiger partial charge in [0.25, 0.3) is 5.89 Å². The smallest absolute Gasteiger partial charge is 0.315 e. The monoisotopic (exact) mass is 461 g/mol. The van der Waals surface area contributed by atoms with Gasteiger partial charge in [-0.25, -0.2) is 13.2 Å². The number of rotatable bonds is 9. The van der Waals surface area contributed by atoms with Crippen molar-refractivity contribution < 1.29 is 22.3 Å². The summed E-state index contributed by atoms with van der Waals surface area (Å²) in [5.41, 5.74) is 0.653. The minimum absolute atomic E-state index is 0.0129. The molecular formula is C23H26F3N5O2. The van der Waals surface area contributed by atoms with Crippen LogP contribution in [0.3, 0.4) is 0 Å². The molecule has 0 amide bonds. The van der Waals surface area contributed by atoms with Crippen molar-refractivity contribution in [1.82, 2.24) is 15.1 Å². The highest BCUT2D eigenvalue weighted by Gasteiger charge is 2.21. The van der Waals surface area contributed by atoms with Gasteiger partial charge in [0.05, 0.1) is 30.2 Å². The number of nitrogens with zero attached hydrogens (tertiary/aromatic N) is 3. The Morgan fingerprint density at radius 3 is 2.61 bits per heavy atom. The van der Waals surface area contributed by atoms with Crippen molar-refractivity contribution in [2.24, 2.45) is 0 Å². The molecule has 0 radical (unpaired) electrons. The summed E-state index contributed by atoms with van der Waals surface area (Å²) in [7, 11) is 0. The molecular weight excluding hydrogens is 435 g/mol. The molecule has 10 heteroatoms. The lowest BCUT2D eigenvalue weighted by Crippen LogP contribution is -2.37. The maximum absolute atomic E-state index is 14.7. The molecule has 1 aliphatic rings. The van der Waals surface area contributed by atoms with Crippen LogP contribution in [0.1, 0.15) is 18.9 Å². The molecule has 176 valence electrons. The van der Waals surface area contributed by atoms with Gasteiger partial charge in [-0.05, 0) is 49.2 Å². The number of aryl methyl sites for hydroxylation is 1. The number of benzene rings is 2. The van der Waals surface area contributed by atoms with Gasteiger partial charge >= 0.3 is 6.01 Å². The largest absolute Gasteiger partial charge is 0.403 e. The van der Waals surface area contributed by atoms with Crippen molar-refractivity contribution in [3.63, 3.8) is 0 Å². The van der Waals surface area contributed by atoms with Crippen molar-refractivity contribution in [3.05, 3.63) is 53.3 Å². The number of nitrogens with one attached hydrogen (secondary N) is 2. The summed E-state index contributed by atoms with van der Waals surface area (Å²) < 4.78 is 54.0. The molecule has 2 heterocycles. The molecule has 0 atom stereocenters. The molecule has 4 rings (SSSR count). The van der Waals surface area contributed by atoms with Crippen LogP contribution in [0.2, 0.25) is 0 Å². The fourth-order valence-corrected chi connectivity index (χ4v) is 3.59. The molecule has 0 saturated carbocycles. The zero-order valence-electron chi connectivity index (χ0n) is 18.3. The average Bonchev–Trinajstić information content (AvgIpc) is 3.30. The molecule has 1 aliphatic heterocycles. The van der Waals surface area contributed by atoms with E-state index in [1.807, 2.05) is 6.92 Å². The van der Waals surface area contributed by atoms with Gasteiger partial charge in [-0.1, -0.05) is 18.1 Å². The van der Waals surface area contributed by atoms with E-state index in [0.29, 0.717) is 13.0 Å². The van der Waals surface area contributed by atoms with E-state index in [4.69, 9.17) is 9.15 Å². The number of aromatic nitrogens is 2. The van der Waals surface area contributed by atoms with Crippen LogP contribution in [0.15, 0.2) is 34.7 Å². The Bertz CT molecular complexity index is 1090. The summed E-state index contributed by atoms with van der Waals surface area (Å²) >= 11 is 0. The summed E-state index contributed by atoms with van der Waals surface area (Å²) in [5.74, 6) is -2.83. The molecule has 1 fully saturated rings. The van der Waals surface area contributed by atoms with Crippen LogP contribution in [0.4, 0.5) is 30.6 Å². The normalized spacial score (nSPS) is 14.4. The van der Waals surface area contributed by atoms with E-state index < -0.39 is 17.5 Å². The molecule has 7 nitrogen and oxygen atoms in total. The summed E-state index contributed by atoms with van der Waals surface area (Å²) in [5, 5.41) is 13.6. The maximum atomic E-state index is 14.7. The Labute approximate surface area is 189 Å². The second kappa shape index (κ2) is 10.7. The first-order valence-electron chi connectivity index (χ1n) is 11.0. The van der Waals surface area contributed by atoms with Crippen molar-refractivity contribution in [2.45, 2.75) is 19.8 Å². The molecule has 1 aromatic heterocycles. The highest BCUT2D eigenvalue weighted by Crippen LogP contribution is 2.34. The SMILES string of the molecule is CCc1ccc(Nc2c(-c3nnc(NCCCN4CCOCC4)o3)ccc(F)c2F)c(F)c1. The van der Waals surface area contributed by atoms with Gasteiger partial charge in [0.2, 0.25) is 0 Å². The van der Waals surface area contributed by atoms with Gasteiger partial charge in [-0.15, -0.1) is 5.10 Å². The second-order valence-electron chi connectivity index (χ2n) is 7.72. The Morgan fingerprint density at radius 2 is 1.85 bits per heavy atom. The number of anilines is 3. The van der Waals surface area contributed by atoms with E-state index in [2.05, 4.69) is 25.7 Å². The van der Waals surface area contributed by atoms with Gasteiger partial charge in [0.15, 0.2) is 11.6 Å². The van der Waals surface area contributed by atoms with Crippen LogP contribution in [0.25, 0.3) is 11.5 Å². The predicted molar refractivity (Wildman–Crippen MR) is 119 cm³/mol. The molecule has 2 aromatic carbocycles. The topological polar surface area (TPSA) is 75.5 Å². The quantitative estimate of drug-likeness (QED) is 0.451. The van der Waals surface area contributed by atoms with E-state index >= 15 is 0 Å². The van der Waals surface area contributed by atoms with Crippen molar-refractivity contribution in [3.8, 4) is 11.5 Å². The summed E-state index contributed by atoms with van der Waals surface area (Å²) in [6.07, 6.45) is 1.52. The van der Waals surface area contributed by atoms with Gasteiger partial charge in [0.1, 0.15) is 5.82 Å².